The third kappa shape index (κ3) is 13.2. The zero-order valence-corrected chi connectivity index (χ0v) is 39.5. The van der Waals surface area contributed by atoms with Gasteiger partial charge < -0.3 is 19.4 Å². The number of primary sulfonamides is 1. The van der Waals surface area contributed by atoms with Gasteiger partial charge >= 0.3 is 27.9 Å². The van der Waals surface area contributed by atoms with Crippen LogP contribution in [0.3, 0.4) is 0 Å². The molecular weight excluding hydrogens is 1000 g/mol. The molecule has 0 bridgehead atoms. The van der Waals surface area contributed by atoms with Gasteiger partial charge in [0.2, 0.25) is 10.0 Å². The molecule has 6 aromatic carbocycles. The first kappa shape index (κ1) is 52.7. The SMILES string of the molecule is CC(Oc1ccc(CCc2nc3ccc(-c4ccccc4NS(=O)(=O)C(F)(F)F)cc3[nH]2)cc1)C(F)(F)F.CC(Oc1ccc(CCc2nc3ccc(-c4ccccc4S(N)(=O)=O)cc3[nH]2)cc1)C(F)(F)F. The second-order valence-corrected chi connectivity index (χ2v) is 19.6. The molecule has 380 valence electrons. The number of aryl methyl sites for hydroxylation is 4. The highest BCUT2D eigenvalue weighted by Crippen LogP contribution is 2.34. The van der Waals surface area contributed by atoms with Crippen molar-refractivity contribution in [1.82, 2.24) is 19.9 Å². The van der Waals surface area contributed by atoms with Crippen LogP contribution in [0.5, 0.6) is 11.5 Å². The number of alkyl halides is 9. The third-order valence-corrected chi connectivity index (χ3v) is 13.1. The van der Waals surface area contributed by atoms with Gasteiger partial charge in [0.1, 0.15) is 23.1 Å². The number of nitrogens with zero attached hydrogens (tertiary/aromatic N) is 2. The maximum absolute atomic E-state index is 12.9. The highest BCUT2D eigenvalue weighted by atomic mass is 32.2. The Morgan fingerprint density at radius 3 is 1.40 bits per heavy atom. The molecule has 8 rings (SSSR count). The number of nitrogens with two attached hydrogens (primary N) is 1. The first-order valence-electron chi connectivity index (χ1n) is 21.7. The number of rotatable bonds is 15. The summed E-state index contributed by atoms with van der Waals surface area (Å²) in [6.07, 6.45) is -10.5. The molecular formula is C49H43F9N6O6S2. The summed E-state index contributed by atoms with van der Waals surface area (Å²) < 4.78 is 173. The van der Waals surface area contributed by atoms with Crippen molar-refractivity contribution >= 4 is 47.8 Å². The number of fused-ring (bicyclic) bond motifs is 2. The highest BCUT2D eigenvalue weighted by molar-refractivity contribution is 7.93. The number of halogens is 9. The number of ether oxygens (including phenoxy) is 2. The van der Waals surface area contributed by atoms with Crippen molar-refractivity contribution in [3.05, 3.63) is 156 Å². The Hall–Kier alpha value is -7.11. The molecule has 12 nitrogen and oxygen atoms in total. The average Bonchev–Trinajstić information content (AvgIpc) is 3.93. The van der Waals surface area contributed by atoms with E-state index in [4.69, 9.17) is 14.6 Å². The molecule has 2 unspecified atom stereocenters. The predicted molar refractivity (Wildman–Crippen MR) is 253 cm³/mol. The summed E-state index contributed by atoms with van der Waals surface area (Å²) in [4.78, 5) is 15.5. The molecule has 23 heteroatoms. The summed E-state index contributed by atoms with van der Waals surface area (Å²) in [5, 5.41) is 5.35. The molecule has 0 fully saturated rings. The van der Waals surface area contributed by atoms with E-state index in [1.54, 1.807) is 83.6 Å². The van der Waals surface area contributed by atoms with E-state index in [1.165, 1.54) is 48.5 Å². The smallest absolute Gasteiger partial charge is 0.481 e. The van der Waals surface area contributed by atoms with Gasteiger partial charge in [0, 0.05) is 24.0 Å². The Kier molecular flexibility index (Phi) is 15.3. The van der Waals surface area contributed by atoms with Gasteiger partial charge in [-0.1, -0.05) is 72.8 Å². The molecule has 2 atom stereocenters. The molecule has 8 aromatic rings. The zero-order valence-electron chi connectivity index (χ0n) is 37.8. The number of hydrogen-bond donors (Lipinski definition) is 4. The lowest BCUT2D eigenvalue weighted by atomic mass is 10.0. The van der Waals surface area contributed by atoms with Gasteiger partial charge in [0.25, 0.3) is 0 Å². The molecule has 72 heavy (non-hydrogen) atoms. The minimum Gasteiger partial charge on any atom is -0.481 e. The summed E-state index contributed by atoms with van der Waals surface area (Å²) in [6.45, 7) is 1.90. The van der Waals surface area contributed by atoms with E-state index >= 15 is 0 Å². The summed E-state index contributed by atoms with van der Waals surface area (Å²) in [5.74, 6) is 1.62. The minimum absolute atomic E-state index is 0.0474. The number of hydrogen-bond acceptors (Lipinski definition) is 8. The number of imidazole rings is 2. The average molecular weight is 1050 g/mol. The number of aromatic amines is 2. The maximum atomic E-state index is 12.9. The molecule has 0 aliphatic rings. The number of anilines is 1. The summed E-state index contributed by atoms with van der Waals surface area (Å²) >= 11 is 0. The normalized spacial score (nSPS) is 13.3. The van der Waals surface area contributed by atoms with Crippen LogP contribution in [0.4, 0.5) is 45.2 Å². The lowest BCUT2D eigenvalue weighted by Gasteiger charge is -2.17. The molecule has 0 spiro atoms. The lowest BCUT2D eigenvalue weighted by molar-refractivity contribution is -0.189. The Bertz CT molecular complexity index is 3400. The fourth-order valence-corrected chi connectivity index (χ4v) is 8.56. The minimum atomic E-state index is -5.60. The van der Waals surface area contributed by atoms with Gasteiger partial charge in [0.15, 0.2) is 12.2 Å². The van der Waals surface area contributed by atoms with Gasteiger partial charge in [-0.3, -0.25) is 4.72 Å². The fourth-order valence-electron chi connectivity index (χ4n) is 7.21. The van der Waals surface area contributed by atoms with Crippen LogP contribution in [0, 0.1) is 0 Å². The van der Waals surface area contributed by atoms with Gasteiger partial charge in [-0.05, 0) is 110 Å². The summed E-state index contributed by atoms with van der Waals surface area (Å²) in [6, 6.07) is 35.3. The second-order valence-electron chi connectivity index (χ2n) is 16.4. The van der Waals surface area contributed by atoms with Crippen LogP contribution in [0.2, 0.25) is 0 Å². The standard InChI is InChI=1S/C25H21F6N3O3S.C24H22F3N3O3S/c1-15(24(26,27)28)37-18-10-6-16(7-11-18)8-13-23-32-21-12-9-17(14-22(21)33-23)19-4-2-3-5-20(19)34-38(35,36)25(29,30)31;1-15(24(25,26)27)33-18-10-6-16(7-11-18)8-13-23-29-20-12-9-17(14-21(20)30-23)19-4-2-3-5-22(19)34(28,31)32/h2-7,9-12,14-15,34H,8,13H2,1H3,(H,32,33);2-7,9-12,14-15H,8,13H2,1H3,(H,29,30)(H2,28,31,32). The monoisotopic (exact) mass is 1050 g/mol. The molecule has 0 saturated heterocycles. The van der Waals surface area contributed by atoms with Crippen LogP contribution in [0.15, 0.2) is 138 Å². The zero-order chi connectivity index (χ0) is 52.2. The van der Waals surface area contributed by atoms with E-state index in [0.29, 0.717) is 59.2 Å². The molecule has 0 amide bonds. The highest BCUT2D eigenvalue weighted by Gasteiger charge is 2.46. The van der Waals surface area contributed by atoms with Crippen LogP contribution in [-0.2, 0) is 45.7 Å². The van der Waals surface area contributed by atoms with Crippen molar-refractivity contribution in [1.29, 1.82) is 0 Å². The van der Waals surface area contributed by atoms with Crippen LogP contribution in [0.25, 0.3) is 44.3 Å². The molecule has 2 aromatic heterocycles. The van der Waals surface area contributed by atoms with Crippen LogP contribution >= 0.6 is 0 Å². The van der Waals surface area contributed by atoms with E-state index in [0.717, 1.165) is 41.8 Å². The Labute approximate surface area is 406 Å². The molecule has 0 aliphatic heterocycles. The Balaban J connectivity index is 0.000000213. The number of para-hydroxylation sites is 1. The topological polar surface area (TPSA) is 182 Å². The second kappa shape index (κ2) is 20.9. The fraction of sp³-hybridized carbons (Fsp3) is 0.224. The molecule has 2 heterocycles. The number of sulfonamides is 2. The van der Waals surface area contributed by atoms with Gasteiger partial charge in [-0.15, -0.1) is 0 Å². The number of nitrogens with one attached hydrogen (secondary N) is 3. The van der Waals surface area contributed by atoms with E-state index in [2.05, 4.69) is 19.9 Å². The van der Waals surface area contributed by atoms with Crippen molar-refractivity contribution < 1.29 is 65.8 Å². The van der Waals surface area contributed by atoms with Crippen LogP contribution < -0.4 is 19.3 Å². The lowest BCUT2D eigenvalue weighted by Crippen LogP contribution is -2.31. The number of benzene rings is 6. The quantitative estimate of drug-likeness (QED) is 0.0732. The molecule has 0 radical (unpaired) electrons. The third-order valence-electron chi connectivity index (χ3n) is 11.0. The molecule has 0 saturated carbocycles. The van der Waals surface area contributed by atoms with Gasteiger partial charge in [0.05, 0.1) is 32.6 Å². The largest absolute Gasteiger partial charge is 0.516 e. The van der Waals surface area contributed by atoms with Crippen molar-refractivity contribution in [2.45, 2.75) is 74.5 Å². The number of aromatic nitrogens is 4. The predicted octanol–water partition coefficient (Wildman–Crippen LogP) is 11.6. The molecule has 5 N–H and O–H groups in total. The van der Waals surface area contributed by atoms with Crippen LogP contribution in [-0.4, -0.2) is 66.8 Å². The summed E-state index contributed by atoms with van der Waals surface area (Å²) in [5.41, 5.74) is 0.687. The van der Waals surface area contributed by atoms with E-state index in [-0.39, 0.29) is 27.6 Å². The van der Waals surface area contributed by atoms with E-state index < -0.39 is 50.1 Å². The Morgan fingerprint density at radius 1 is 0.556 bits per heavy atom. The first-order valence-corrected chi connectivity index (χ1v) is 24.7. The van der Waals surface area contributed by atoms with Gasteiger partial charge in [-0.25, -0.2) is 23.5 Å². The maximum Gasteiger partial charge on any atom is 0.516 e. The van der Waals surface area contributed by atoms with Crippen molar-refractivity contribution in [2.24, 2.45) is 5.14 Å². The van der Waals surface area contributed by atoms with Gasteiger partial charge in [-0.2, -0.15) is 47.9 Å². The van der Waals surface area contributed by atoms with Crippen LogP contribution in [0.1, 0.15) is 36.6 Å². The molecule has 0 aliphatic carbocycles. The summed E-state index contributed by atoms with van der Waals surface area (Å²) in [7, 11) is -9.47. The number of H-pyrrole nitrogens is 2. The van der Waals surface area contributed by atoms with E-state index in [1.807, 2.05) is 6.07 Å². The van der Waals surface area contributed by atoms with E-state index in [9.17, 15) is 56.3 Å². The first-order chi connectivity index (χ1) is 33.7. The van der Waals surface area contributed by atoms with Crippen molar-refractivity contribution in [2.75, 3.05) is 4.72 Å². The Morgan fingerprint density at radius 2 is 0.972 bits per heavy atom. The van der Waals surface area contributed by atoms with Crippen molar-refractivity contribution in [3.63, 3.8) is 0 Å². The van der Waals surface area contributed by atoms with Crippen molar-refractivity contribution in [3.8, 4) is 33.8 Å².